The van der Waals surface area contributed by atoms with E-state index in [0.29, 0.717) is 27.9 Å². The molecule has 2 amide bonds. The minimum Gasteiger partial charge on any atom is -0.484 e. The van der Waals surface area contributed by atoms with Crippen molar-refractivity contribution in [3.8, 4) is 11.8 Å². The maximum Gasteiger partial charge on any atom is 0.262 e. The summed E-state index contributed by atoms with van der Waals surface area (Å²) in [5.41, 5.74) is 4.40. The highest BCUT2D eigenvalue weighted by Gasteiger charge is 2.29. The van der Waals surface area contributed by atoms with E-state index >= 15 is 0 Å². The summed E-state index contributed by atoms with van der Waals surface area (Å²) in [5, 5.41) is 16.1. The van der Waals surface area contributed by atoms with Gasteiger partial charge in [0.2, 0.25) is 5.91 Å². The SMILES string of the molecule is N#Cc1c(NC(=O)C(Sc2cccc(NC(=O)COc3ccccc3)c2)c2ccccc2)sc2c1CCC(c1ccccc1)C2. The lowest BCUT2D eigenvalue weighted by molar-refractivity contribution is -0.118. The quantitative estimate of drug-likeness (QED) is 0.152. The summed E-state index contributed by atoms with van der Waals surface area (Å²) in [6.07, 6.45) is 2.65. The first-order valence-electron chi connectivity index (χ1n) is 14.8. The number of carbonyl (C=O) groups is 2. The van der Waals surface area contributed by atoms with Crippen LogP contribution in [0.15, 0.2) is 120 Å². The maximum atomic E-state index is 13.9. The van der Waals surface area contributed by atoms with E-state index in [1.165, 1.54) is 33.5 Å². The van der Waals surface area contributed by atoms with Crippen LogP contribution in [0.2, 0.25) is 0 Å². The average Bonchev–Trinajstić information content (AvgIpc) is 3.43. The minimum atomic E-state index is -0.582. The second-order valence-corrected chi connectivity index (χ2v) is 13.0. The first-order chi connectivity index (χ1) is 22.1. The zero-order chi connectivity index (χ0) is 31.0. The first kappa shape index (κ1) is 30.2. The summed E-state index contributed by atoms with van der Waals surface area (Å²) in [6.45, 7) is -0.117. The van der Waals surface area contributed by atoms with Crippen LogP contribution < -0.4 is 15.4 Å². The van der Waals surface area contributed by atoms with Crippen LogP contribution in [0, 0.1) is 11.3 Å². The van der Waals surface area contributed by atoms with Gasteiger partial charge >= 0.3 is 0 Å². The molecule has 0 bridgehead atoms. The van der Waals surface area contributed by atoms with E-state index < -0.39 is 5.25 Å². The fourth-order valence-corrected chi connectivity index (χ4v) is 7.89. The largest absolute Gasteiger partial charge is 0.484 e. The molecule has 224 valence electrons. The molecule has 6 rings (SSSR count). The molecular weight excluding hydrogens is 599 g/mol. The van der Waals surface area contributed by atoms with E-state index in [1.54, 1.807) is 18.2 Å². The summed E-state index contributed by atoms with van der Waals surface area (Å²) in [5.74, 6) is 0.540. The van der Waals surface area contributed by atoms with E-state index in [-0.39, 0.29) is 18.4 Å². The van der Waals surface area contributed by atoms with Crippen molar-refractivity contribution in [2.45, 2.75) is 35.3 Å². The Bertz CT molecular complexity index is 1820. The zero-order valence-electron chi connectivity index (χ0n) is 24.4. The molecule has 4 aromatic carbocycles. The number of rotatable bonds is 10. The van der Waals surface area contributed by atoms with Crippen LogP contribution in [0.25, 0.3) is 0 Å². The number of para-hydroxylation sites is 1. The van der Waals surface area contributed by atoms with Gasteiger partial charge in [-0.15, -0.1) is 23.1 Å². The van der Waals surface area contributed by atoms with Gasteiger partial charge in [-0.05, 0) is 72.2 Å². The van der Waals surface area contributed by atoms with Crippen molar-refractivity contribution >= 4 is 45.6 Å². The molecule has 1 aliphatic carbocycles. The second kappa shape index (κ2) is 14.3. The predicted octanol–water partition coefficient (Wildman–Crippen LogP) is 8.38. The van der Waals surface area contributed by atoms with Gasteiger partial charge in [0, 0.05) is 15.5 Å². The number of hydrogen-bond acceptors (Lipinski definition) is 6. The number of nitriles is 1. The van der Waals surface area contributed by atoms with Crippen molar-refractivity contribution in [1.82, 2.24) is 0 Å². The Morgan fingerprint density at radius 1 is 0.911 bits per heavy atom. The number of ether oxygens (including phenoxy) is 1. The Morgan fingerprint density at radius 3 is 2.36 bits per heavy atom. The second-order valence-electron chi connectivity index (χ2n) is 10.7. The molecule has 0 fully saturated rings. The van der Waals surface area contributed by atoms with Gasteiger partial charge in [0.05, 0.1) is 5.56 Å². The van der Waals surface area contributed by atoms with Gasteiger partial charge in [0.25, 0.3) is 5.91 Å². The molecule has 0 aliphatic heterocycles. The highest BCUT2D eigenvalue weighted by Crippen LogP contribution is 2.43. The predicted molar refractivity (Wildman–Crippen MR) is 181 cm³/mol. The van der Waals surface area contributed by atoms with E-state index in [4.69, 9.17) is 4.74 Å². The molecule has 1 aliphatic rings. The number of thiophene rings is 1. The van der Waals surface area contributed by atoms with Gasteiger partial charge in [0.1, 0.15) is 22.1 Å². The fraction of sp³-hybridized carbons (Fsp3) is 0.162. The lowest BCUT2D eigenvalue weighted by Gasteiger charge is -2.22. The third kappa shape index (κ3) is 7.46. The molecule has 1 heterocycles. The number of carbonyl (C=O) groups excluding carboxylic acids is 2. The van der Waals surface area contributed by atoms with Gasteiger partial charge in [-0.3, -0.25) is 9.59 Å². The number of nitrogens with one attached hydrogen (secondary N) is 2. The molecular formula is C37H31N3O3S2. The van der Waals surface area contributed by atoms with Gasteiger partial charge in [-0.25, -0.2) is 0 Å². The molecule has 0 spiro atoms. The molecule has 1 aromatic heterocycles. The highest BCUT2D eigenvalue weighted by molar-refractivity contribution is 8.00. The smallest absolute Gasteiger partial charge is 0.262 e. The van der Waals surface area contributed by atoms with Crippen LogP contribution in [-0.4, -0.2) is 18.4 Å². The monoisotopic (exact) mass is 629 g/mol. The molecule has 0 saturated carbocycles. The van der Waals surface area contributed by atoms with E-state index in [1.807, 2.05) is 72.8 Å². The Hall–Kier alpha value is -4.84. The number of anilines is 2. The van der Waals surface area contributed by atoms with Crippen molar-refractivity contribution in [3.05, 3.63) is 142 Å². The summed E-state index contributed by atoms with van der Waals surface area (Å²) < 4.78 is 5.57. The van der Waals surface area contributed by atoms with Crippen molar-refractivity contribution in [3.63, 3.8) is 0 Å². The van der Waals surface area contributed by atoms with E-state index in [0.717, 1.165) is 35.3 Å². The normalized spacial score (nSPS) is 14.4. The Labute approximate surface area is 271 Å². The average molecular weight is 630 g/mol. The van der Waals surface area contributed by atoms with Crippen LogP contribution in [0.4, 0.5) is 10.7 Å². The molecule has 8 heteroatoms. The molecule has 5 aromatic rings. The molecule has 45 heavy (non-hydrogen) atoms. The van der Waals surface area contributed by atoms with Crippen LogP contribution in [0.1, 0.15) is 44.7 Å². The Morgan fingerprint density at radius 2 is 1.62 bits per heavy atom. The Kier molecular flexibility index (Phi) is 9.59. The number of thioether (sulfide) groups is 1. The third-order valence-electron chi connectivity index (χ3n) is 7.71. The lowest BCUT2D eigenvalue weighted by Crippen LogP contribution is -2.20. The standard InChI is InChI=1S/C37H31N3O3S2/c38-23-32-31-20-19-27(25-11-4-1-5-12-25)21-33(31)45-37(32)40-36(42)35(26-13-6-2-7-14-26)44-30-18-10-15-28(22-30)39-34(41)24-43-29-16-8-3-9-17-29/h1-18,22,27,35H,19-21,24H2,(H,39,41)(H,40,42). The zero-order valence-corrected chi connectivity index (χ0v) is 26.1. The van der Waals surface area contributed by atoms with Crippen molar-refractivity contribution in [2.75, 3.05) is 17.2 Å². The number of hydrogen-bond donors (Lipinski definition) is 2. The molecule has 2 unspecified atom stereocenters. The van der Waals surface area contributed by atoms with Gasteiger partial charge < -0.3 is 15.4 Å². The maximum absolute atomic E-state index is 13.9. The summed E-state index contributed by atoms with van der Waals surface area (Å²) >= 11 is 2.92. The van der Waals surface area contributed by atoms with Crippen LogP contribution in [0.5, 0.6) is 5.75 Å². The third-order valence-corrected chi connectivity index (χ3v) is 10.1. The van der Waals surface area contributed by atoms with Crippen LogP contribution >= 0.6 is 23.1 Å². The lowest BCUT2D eigenvalue weighted by atomic mass is 9.83. The molecule has 0 radical (unpaired) electrons. The number of benzene rings is 4. The fourth-order valence-electron chi connectivity index (χ4n) is 5.53. The van der Waals surface area contributed by atoms with Crippen molar-refractivity contribution in [1.29, 1.82) is 5.26 Å². The van der Waals surface area contributed by atoms with E-state index in [9.17, 15) is 14.9 Å². The van der Waals surface area contributed by atoms with Crippen molar-refractivity contribution < 1.29 is 14.3 Å². The van der Waals surface area contributed by atoms with Gasteiger partial charge in [0.15, 0.2) is 6.61 Å². The van der Waals surface area contributed by atoms with Gasteiger partial charge in [-0.1, -0.05) is 84.9 Å². The number of amides is 2. The minimum absolute atomic E-state index is 0.117. The van der Waals surface area contributed by atoms with Crippen LogP contribution in [-0.2, 0) is 22.4 Å². The van der Waals surface area contributed by atoms with E-state index in [2.05, 4.69) is 41.0 Å². The number of nitrogens with zero attached hydrogens (tertiary/aromatic N) is 1. The topological polar surface area (TPSA) is 91.2 Å². The summed E-state index contributed by atoms with van der Waals surface area (Å²) in [6, 6.07) is 39.1. The molecule has 0 saturated heterocycles. The van der Waals surface area contributed by atoms with Crippen LogP contribution in [0.3, 0.4) is 0 Å². The Balaban J connectivity index is 1.18. The number of fused-ring (bicyclic) bond motifs is 1. The summed E-state index contributed by atoms with van der Waals surface area (Å²) in [4.78, 5) is 28.5. The first-order valence-corrected chi connectivity index (χ1v) is 16.5. The summed E-state index contributed by atoms with van der Waals surface area (Å²) in [7, 11) is 0. The molecule has 2 N–H and O–H groups in total. The van der Waals surface area contributed by atoms with Gasteiger partial charge in [-0.2, -0.15) is 5.26 Å². The highest BCUT2D eigenvalue weighted by atomic mass is 32.2. The molecule has 6 nitrogen and oxygen atoms in total. The van der Waals surface area contributed by atoms with Crippen molar-refractivity contribution in [2.24, 2.45) is 0 Å². The molecule has 2 atom stereocenters.